The first-order valence-corrected chi connectivity index (χ1v) is 11.6. The third-order valence-corrected chi connectivity index (χ3v) is 5.57. The van der Waals surface area contributed by atoms with Crippen LogP contribution in [0.3, 0.4) is 0 Å². The summed E-state index contributed by atoms with van der Waals surface area (Å²) >= 11 is 0. The van der Waals surface area contributed by atoms with Crippen LogP contribution in [0.15, 0.2) is 0 Å². The van der Waals surface area contributed by atoms with Crippen LogP contribution in [0, 0.1) is 11.8 Å². The number of carbonyl (C=O) groups is 1. The number of unbranched alkanes of at least 4 members (excludes halogenated alkanes) is 2. The summed E-state index contributed by atoms with van der Waals surface area (Å²) in [6.07, 6.45) is 11.4. The molecule has 1 amide bonds. The maximum absolute atomic E-state index is 12.9. The summed E-state index contributed by atoms with van der Waals surface area (Å²) in [5.41, 5.74) is 0. The molecule has 0 N–H and O–H groups in total. The molecule has 160 valence electrons. The smallest absolute Gasteiger partial charge is 0.225 e. The molecule has 4 nitrogen and oxygen atoms in total. The highest BCUT2D eigenvalue weighted by Crippen LogP contribution is 2.22. The summed E-state index contributed by atoms with van der Waals surface area (Å²) in [5.74, 6) is 1.38. The van der Waals surface area contributed by atoms with Gasteiger partial charge in [-0.05, 0) is 44.4 Å². The first-order chi connectivity index (χ1) is 13.1. The maximum atomic E-state index is 12.9. The van der Waals surface area contributed by atoms with Crippen LogP contribution in [0.5, 0.6) is 0 Å². The molecule has 1 saturated heterocycles. The zero-order chi connectivity index (χ0) is 19.9. The molecule has 27 heavy (non-hydrogen) atoms. The molecule has 0 atom stereocenters. The molecular formula is C23H45NO3. The van der Waals surface area contributed by atoms with Gasteiger partial charge in [0.1, 0.15) is 0 Å². The molecule has 1 aliphatic heterocycles. The third kappa shape index (κ3) is 11.1. The van der Waals surface area contributed by atoms with Gasteiger partial charge in [0.25, 0.3) is 0 Å². The lowest BCUT2D eigenvalue weighted by atomic mass is 9.93. The van der Waals surface area contributed by atoms with Crippen molar-refractivity contribution in [1.29, 1.82) is 0 Å². The van der Waals surface area contributed by atoms with Gasteiger partial charge in [-0.3, -0.25) is 4.79 Å². The van der Waals surface area contributed by atoms with Crippen molar-refractivity contribution in [3.63, 3.8) is 0 Å². The molecule has 1 aliphatic rings. The zero-order valence-corrected chi connectivity index (χ0v) is 18.5. The Hall–Kier alpha value is -0.610. The van der Waals surface area contributed by atoms with Crippen molar-refractivity contribution in [1.82, 2.24) is 4.90 Å². The van der Waals surface area contributed by atoms with Crippen LogP contribution < -0.4 is 0 Å². The molecule has 0 saturated carbocycles. The van der Waals surface area contributed by atoms with Gasteiger partial charge < -0.3 is 14.4 Å². The number of piperidine rings is 1. The monoisotopic (exact) mass is 383 g/mol. The maximum Gasteiger partial charge on any atom is 0.225 e. The summed E-state index contributed by atoms with van der Waals surface area (Å²) in [6.45, 7) is 12.8. The molecule has 0 unspecified atom stereocenters. The largest absolute Gasteiger partial charge is 0.379 e. The van der Waals surface area contributed by atoms with Gasteiger partial charge in [0.15, 0.2) is 0 Å². The molecule has 1 fully saturated rings. The van der Waals surface area contributed by atoms with E-state index in [1.165, 1.54) is 19.3 Å². The van der Waals surface area contributed by atoms with Crippen LogP contribution in [0.2, 0.25) is 0 Å². The lowest BCUT2D eigenvalue weighted by molar-refractivity contribution is -0.139. The SMILES string of the molecule is CCCCC(CCCC)C(=O)N1CCC(OCCOCCCC(C)C)CC1. The van der Waals surface area contributed by atoms with E-state index in [1.54, 1.807) is 0 Å². The van der Waals surface area contributed by atoms with Crippen molar-refractivity contribution in [3.05, 3.63) is 0 Å². The van der Waals surface area contributed by atoms with E-state index in [0.717, 1.165) is 70.6 Å². The number of amides is 1. The van der Waals surface area contributed by atoms with Gasteiger partial charge >= 0.3 is 0 Å². The van der Waals surface area contributed by atoms with Crippen LogP contribution in [-0.4, -0.2) is 49.8 Å². The minimum absolute atomic E-state index is 0.238. The quantitative estimate of drug-likeness (QED) is 0.353. The van der Waals surface area contributed by atoms with Gasteiger partial charge in [-0.25, -0.2) is 0 Å². The summed E-state index contributed by atoms with van der Waals surface area (Å²) < 4.78 is 11.6. The van der Waals surface area contributed by atoms with Gasteiger partial charge in [-0.1, -0.05) is 53.4 Å². The molecule has 1 rings (SSSR count). The predicted octanol–water partition coefficient (Wildman–Crippen LogP) is 5.44. The topological polar surface area (TPSA) is 38.8 Å². The normalized spacial score (nSPS) is 15.9. The number of nitrogens with zero attached hydrogens (tertiary/aromatic N) is 1. The molecule has 0 aliphatic carbocycles. The van der Waals surface area contributed by atoms with Gasteiger partial charge in [-0.2, -0.15) is 0 Å². The summed E-state index contributed by atoms with van der Waals surface area (Å²) in [6, 6.07) is 0. The van der Waals surface area contributed by atoms with Crippen LogP contribution in [-0.2, 0) is 14.3 Å². The van der Waals surface area contributed by atoms with Crippen LogP contribution in [0.1, 0.15) is 91.9 Å². The van der Waals surface area contributed by atoms with Crippen LogP contribution >= 0.6 is 0 Å². The lowest BCUT2D eigenvalue weighted by Crippen LogP contribution is -2.43. The Morgan fingerprint density at radius 2 is 1.56 bits per heavy atom. The zero-order valence-electron chi connectivity index (χ0n) is 18.5. The van der Waals surface area contributed by atoms with Crippen molar-refractivity contribution in [2.24, 2.45) is 11.8 Å². The Labute approximate surface area is 168 Å². The van der Waals surface area contributed by atoms with E-state index in [4.69, 9.17) is 9.47 Å². The van der Waals surface area contributed by atoms with Crippen molar-refractivity contribution in [2.45, 2.75) is 98.0 Å². The molecule has 0 aromatic heterocycles. The Balaban J connectivity index is 2.19. The number of carbonyl (C=O) groups excluding carboxylic acids is 1. The van der Waals surface area contributed by atoms with E-state index in [-0.39, 0.29) is 12.0 Å². The van der Waals surface area contributed by atoms with E-state index in [1.807, 2.05) is 0 Å². The number of likely N-dealkylation sites (tertiary alicyclic amines) is 1. The highest BCUT2D eigenvalue weighted by atomic mass is 16.5. The highest BCUT2D eigenvalue weighted by Gasteiger charge is 2.27. The fourth-order valence-corrected chi connectivity index (χ4v) is 3.76. The average molecular weight is 384 g/mol. The number of rotatable bonds is 15. The molecule has 0 aromatic rings. The Kier molecular flexibility index (Phi) is 13.9. The number of ether oxygens (including phenoxy) is 2. The van der Waals surface area contributed by atoms with E-state index in [9.17, 15) is 4.79 Å². The molecule has 0 aromatic carbocycles. The molecule has 4 heteroatoms. The molecule has 0 bridgehead atoms. The lowest BCUT2D eigenvalue weighted by Gasteiger charge is -2.34. The summed E-state index contributed by atoms with van der Waals surface area (Å²) in [5, 5.41) is 0. The first kappa shape index (κ1) is 24.4. The molecular weight excluding hydrogens is 338 g/mol. The highest BCUT2D eigenvalue weighted by molar-refractivity contribution is 5.78. The Morgan fingerprint density at radius 1 is 0.926 bits per heavy atom. The van der Waals surface area contributed by atoms with Crippen molar-refractivity contribution >= 4 is 5.91 Å². The van der Waals surface area contributed by atoms with Crippen LogP contribution in [0.4, 0.5) is 0 Å². The molecule has 0 spiro atoms. The Bertz CT molecular complexity index is 357. The fourth-order valence-electron chi connectivity index (χ4n) is 3.76. The van der Waals surface area contributed by atoms with Crippen molar-refractivity contribution in [3.8, 4) is 0 Å². The summed E-state index contributed by atoms with van der Waals surface area (Å²) in [7, 11) is 0. The van der Waals surface area contributed by atoms with E-state index in [2.05, 4.69) is 32.6 Å². The summed E-state index contributed by atoms with van der Waals surface area (Å²) in [4.78, 5) is 15.0. The standard InChI is InChI=1S/C23H45NO3/c1-5-7-11-21(12-8-6-2)23(25)24-15-13-22(14-16-24)27-19-18-26-17-9-10-20(3)4/h20-22H,5-19H2,1-4H3. The van der Waals surface area contributed by atoms with Gasteiger partial charge in [-0.15, -0.1) is 0 Å². The predicted molar refractivity (Wildman–Crippen MR) is 113 cm³/mol. The van der Waals surface area contributed by atoms with E-state index in [0.29, 0.717) is 19.1 Å². The second kappa shape index (κ2) is 15.3. The molecule has 0 radical (unpaired) electrons. The number of hydrogen-bond acceptors (Lipinski definition) is 3. The van der Waals surface area contributed by atoms with E-state index < -0.39 is 0 Å². The van der Waals surface area contributed by atoms with Crippen LogP contribution in [0.25, 0.3) is 0 Å². The first-order valence-electron chi connectivity index (χ1n) is 11.6. The molecule has 1 heterocycles. The average Bonchev–Trinajstić information content (AvgIpc) is 2.67. The number of hydrogen-bond donors (Lipinski definition) is 0. The van der Waals surface area contributed by atoms with Crippen molar-refractivity contribution < 1.29 is 14.3 Å². The fraction of sp³-hybridized carbons (Fsp3) is 0.957. The van der Waals surface area contributed by atoms with Gasteiger partial charge in [0.2, 0.25) is 5.91 Å². The third-order valence-electron chi connectivity index (χ3n) is 5.57. The Morgan fingerprint density at radius 3 is 2.11 bits per heavy atom. The van der Waals surface area contributed by atoms with Gasteiger partial charge in [0, 0.05) is 25.6 Å². The van der Waals surface area contributed by atoms with Gasteiger partial charge in [0.05, 0.1) is 19.3 Å². The minimum Gasteiger partial charge on any atom is -0.379 e. The van der Waals surface area contributed by atoms with Crippen molar-refractivity contribution in [2.75, 3.05) is 32.9 Å². The van der Waals surface area contributed by atoms with E-state index >= 15 is 0 Å². The second-order valence-corrected chi connectivity index (χ2v) is 8.53. The second-order valence-electron chi connectivity index (χ2n) is 8.53. The minimum atomic E-state index is 0.238.